The van der Waals surface area contributed by atoms with Gasteiger partial charge >= 0.3 is 19.2 Å². The number of hydrogen-bond donors (Lipinski definition) is 4. The summed E-state index contributed by atoms with van der Waals surface area (Å²) in [5, 5.41) is 23.7. The van der Waals surface area contributed by atoms with Gasteiger partial charge in [-0.15, -0.1) is 0 Å². The molecule has 4 N–H and O–H groups in total. The van der Waals surface area contributed by atoms with Gasteiger partial charge in [-0.3, -0.25) is 4.79 Å². The van der Waals surface area contributed by atoms with E-state index in [-0.39, 0.29) is 12.3 Å². The molecule has 2 atom stereocenters. The van der Waals surface area contributed by atoms with E-state index in [4.69, 9.17) is 9.47 Å². The molecule has 2 amide bonds. The largest absolute Gasteiger partial charge is 0.488 e. The summed E-state index contributed by atoms with van der Waals surface area (Å²) < 4.78 is 10.0. The number of carbonyl (C=O) groups excluding carboxylic acids is 3. The SMILES string of the molecule is COC(=O)[C@H](CC(C)C)NC(=O)[C@H](Cc1ccc(B(O)O)cc1)NC(=O)OC(C)(C)C. The van der Waals surface area contributed by atoms with E-state index in [1.165, 1.54) is 19.2 Å². The Balaban J connectivity index is 3.05. The standard InChI is InChI=1S/C21H33BN2O7/c1-13(2)11-17(19(26)30-6)23-18(25)16(24-20(27)31-21(3,4)5)12-14-7-9-15(10-8-14)22(28)29/h7-10,13,16-17,28-29H,11-12H2,1-6H3,(H,23,25)(H,24,27)/t16-,17-/m0/s1. The predicted octanol–water partition coefficient (Wildman–Crippen LogP) is 0.506. The van der Waals surface area contributed by atoms with Crippen LogP contribution in [0.25, 0.3) is 0 Å². The molecule has 1 aromatic carbocycles. The van der Waals surface area contributed by atoms with Gasteiger partial charge < -0.3 is 30.2 Å². The van der Waals surface area contributed by atoms with Crippen LogP contribution in [0.3, 0.4) is 0 Å². The van der Waals surface area contributed by atoms with Crippen LogP contribution in [0.15, 0.2) is 24.3 Å². The maximum absolute atomic E-state index is 13.0. The Morgan fingerprint density at radius 2 is 1.61 bits per heavy atom. The summed E-state index contributed by atoms with van der Waals surface area (Å²) in [6, 6.07) is 4.39. The molecule has 0 radical (unpaired) electrons. The molecule has 9 nitrogen and oxygen atoms in total. The first-order chi connectivity index (χ1) is 14.3. The van der Waals surface area contributed by atoms with Crippen molar-refractivity contribution in [3.8, 4) is 0 Å². The highest BCUT2D eigenvalue weighted by molar-refractivity contribution is 6.58. The molecular weight excluding hydrogens is 403 g/mol. The summed E-state index contributed by atoms with van der Waals surface area (Å²) >= 11 is 0. The van der Waals surface area contributed by atoms with Gasteiger partial charge in [0.25, 0.3) is 0 Å². The molecule has 0 spiro atoms. The number of alkyl carbamates (subject to hydrolysis) is 1. The van der Waals surface area contributed by atoms with Crippen molar-refractivity contribution >= 4 is 30.6 Å². The number of esters is 1. The molecule has 10 heteroatoms. The number of carbonyl (C=O) groups is 3. The minimum Gasteiger partial charge on any atom is -0.467 e. The summed E-state index contributed by atoms with van der Waals surface area (Å²) in [5.41, 5.74) is 0.211. The zero-order valence-corrected chi connectivity index (χ0v) is 19.0. The highest BCUT2D eigenvalue weighted by Gasteiger charge is 2.29. The van der Waals surface area contributed by atoms with Gasteiger partial charge in [0.05, 0.1) is 7.11 Å². The Morgan fingerprint density at radius 1 is 1.03 bits per heavy atom. The van der Waals surface area contributed by atoms with E-state index in [1.807, 2.05) is 13.8 Å². The van der Waals surface area contributed by atoms with E-state index in [2.05, 4.69) is 10.6 Å². The number of nitrogens with one attached hydrogen (secondary N) is 2. The summed E-state index contributed by atoms with van der Waals surface area (Å²) in [4.78, 5) is 37.3. The van der Waals surface area contributed by atoms with Crippen LogP contribution in [0.2, 0.25) is 0 Å². The summed E-state index contributed by atoms with van der Waals surface area (Å²) in [7, 11) is -0.361. The number of ether oxygens (including phenoxy) is 2. The fourth-order valence-electron chi connectivity index (χ4n) is 2.82. The average Bonchev–Trinajstić information content (AvgIpc) is 2.64. The highest BCUT2D eigenvalue weighted by atomic mass is 16.6. The van der Waals surface area contributed by atoms with Crippen molar-refractivity contribution in [2.75, 3.05) is 7.11 Å². The molecule has 1 aromatic rings. The quantitative estimate of drug-likeness (QED) is 0.327. The maximum atomic E-state index is 13.0. The number of amides is 2. The van der Waals surface area contributed by atoms with Crippen molar-refractivity contribution in [3.05, 3.63) is 29.8 Å². The minimum absolute atomic E-state index is 0.0997. The lowest BCUT2D eigenvalue weighted by Crippen LogP contribution is -2.53. The van der Waals surface area contributed by atoms with Crippen molar-refractivity contribution in [1.29, 1.82) is 0 Å². The zero-order valence-electron chi connectivity index (χ0n) is 19.0. The molecule has 31 heavy (non-hydrogen) atoms. The van der Waals surface area contributed by atoms with Gasteiger partial charge in [-0.25, -0.2) is 9.59 Å². The van der Waals surface area contributed by atoms with Crippen molar-refractivity contribution in [2.45, 2.75) is 65.1 Å². The Morgan fingerprint density at radius 3 is 2.06 bits per heavy atom. The second-order valence-corrected chi connectivity index (χ2v) is 8.73. The van der Waals surface area contributed by atoms with Crippen LogP contribution < -0.4 is 16.1 Å². The van der Waals surface area contributed by atoms with Gasteiger partial charge in [0.2, 0.25) is 5.91 Å². The Bertz CT molecular complexity index is 745. The molecule has 1 rings (SSSR count). The lowest BCUT2D eigenvalue weighted by Gasteiger charge is -2.25. The van der Waals surface area contributed by atoms with E-state index >= 15 is 0 Å². The minimum atomic E-state index is -1.61. The smallest absolute Gasteiger partial charge is 0.467 e. The summed E-state index contributed by atoms with van der Waals surface area (Å²) in [6.45, 7) is 8.94. The van der Waals surface area contributed by atoms with Gasteiger partial charge in [0, 0.05) is 6.42 Å². The zero-order chi connectivity index (χ0) is 23.8. The van der Waals surface area contributed by atoms with Gasteiger partial charge in [0.1, 0.15) is 17.7 Å². The fraction of sp³-hybridized carbons (Fsp3) is 0.571. The van der Waals surface area contributed by atoms with Crippen molar-refractivity contribution < 1.29 is 33.9 Å². The number of hydrogen-bond acceptors (Lipinski definition) is 7. The lowest BCUT2D eigenvalue weighted by molar-refractivity contribution is -0.145. The monoisotopic (exact) mass is 436 g/mol. The lowest BCUT2D eigenvalue weighted by atomic mass is 9.80. The molecule has 0 heterocycles. The van der Waals surface area contributed by atoms with Crippen LogP contribution in [0, 0.1) is 5.92 Å². The molecule has 0 bridgehead atoms. The van der Waals surface area contributed by atoms with Gasteiger partial charge in [-0.05, 0) is 44.1 Å². The molecule has 172 valence electrons. The number of rotatable bonds is 9. The summed E-state index contributed by atoms with van der Waals surface area (Å²) in [5.74, 6) is -1.01. The molecule has 0 fully saturated rings. The first kappa shape index (κ1) is 26.5. The molecule has 0 aliphatic rings. The summed E-state index contributed by atoms with van der Waals surface area (Å²) in [6.07, 6.45) is -0.295. The van der Waals surface area contributed by atoms with Gasteiger partial charge in [-0.1, -0.05) is 38.1 Å². The molecule has 0 aliphatic heterocycles. The molecule has 0 aromatic heterocycles. The van der Waals surface area contributed by atoms with Crippen molar-refractivity contribution in [2.24, 2.45) is 5.92 Å². The van der Waals surface area contributed by atoms with E-state index < -0.39 is 42.8 Å². The van der Waals surface area contributed by atoms with E-state index in [9.17, 15) is 24.4 Å². The third-order valence-corrected chi connectivity index (χ3v) is 4.23. The van der Waals surface area contributed by atoms with Gasteiger partial charge in [0.15, 0.2) is 0 Å². The van der Waals surface area contributed by atoms with Crippen LogP contribution in [-0.4, -0.2) is 59.9 Å². The van der Waals surface area contributed by atoms with Crippen LogP contribution >= 0.6 is 0 Å². The average molecular weight is 436 g/mol. The Hall–Kier alpha value is -2.59. The predicted molar refractivity (Wildman–Crippen MR) is 117 cm³/mol. The van der Waals surface area contributed by atoms with Crippen LogP contribution in [0.4, 0.5) is 4.79 Å². The topological polar surface area (TPSA) is 134 Å². The van der Waals surface area contributed by atoms with Crippen LogP contribution in [-0.2, 0) is 25.5 Å². The molecule has 0 saturated heterocycles. The third kappa shape index (κ3) is 9.84. The van der Waals surface area contributed by atoms with Crippen LogP contribution in [0.1, 0.15) is 46.6 Å². The molecule has 0 saturated carbocycles. The second kappa shape index (κ2) is 11.7. The normalized spacial score (nSPS) is 13.2. The Kier molecular flexibility index (Phi) is 9.99. The molecule has 0 unspecified atom stereocenters. The first-order valence-corrected chi connectivity index (χ1v) is 10.1. The molecule has 0 aliphatic carbocycles. The van der Waals surface area contributed by atoms with Crippen molar-refractivity contribution in [1.82, 2.24) is 10.6 Å². The molecular formula is C21H33BN2O7. The second-order valence-electron chi connectivity index (χ2n) is 8.73. The van der Waals surface area contributed by atoms with Gasteiger partial charge in [-0.2, -0.15) is 0 Å². The number of benzene rings is 1. The van der Waals surface area contributed by atoms with Crippen molar-refractivity contribution in [3.63, 3.8) is 0 Å². The Labute approximate surface area is 183 Å². The maximum Gasteiger partial charge on any atom is 0.488 e. The number of methoxy groups -OCH3 is 1. The van der Waals surface area contributed by atoms with E-state index in [1.54, 1.807) is 32.9 Å². The fourth-order valence-corrected chi connectivity index (χ4v) is 2.82. The van der Waals surface area contributed by atoms with Crippen LogP contribution in [0.5, 0.6) is 0 Å². The van der Waals surface area contributed by atoms with E-state index in [0.717, 1.165) is 0 Å². The first-order valence-electron chi connectivity index (χ1n) is 10.1. The highest BCUT2D eigenvalue weighted by Crippen LogP contribution is 2.10. The van der Waals surface area contributed by atoms with E-state index in [0.29, 0.717) is 17.4 Å². The third-order valence-electron chi connectivity index (χ3n) is 4.23.